The molecule has 0 radical (unpaired) electrons. The quantitative estimate of drug-likeness (QED) is 0.575. The molecule has 0 aliphatic heterocycles. The van der Waals surface area contributed by atoms with Crippen molar-refractivity contribution in [1.82, 2.24) is 14.5 Å². The summed E-state index contributed by atoms with van der Waals surface area (Å²) in [4.78, 5) is 32.8. The average Bonchev–Trinajstić information content (AvgIpc) is 3.08. The SMILES string of the molecule is Cc1ccc2nc(-c3ccc(NC(=O)Cn4cnc(C)cc4=O)cc3)sc2c1. The van der Waals surface area contributed by atoms with Crippen LogP contribution in [0, 0.1) is 13.8 Å². The summed E-state index contributed by atoms with van der Waals surface area (Å²) in [7, 11) is 0. The van der Waals surface area contributed by atoms with E-state index in [0.29, 0.717) is 11.4 Å². The Morgan fingerprint density at radius 1 is 1.11 bits per heavy atom. The molecule has 0 bridgehead atoms. The van der Waals surface area contributed by atoms with E-state index >= 15 is 0 Å². The number of aromatic nitrogens is 3. The zero-order valence-electron chi connectivity index (χ0n) is 15.5. The van der Waals surface area contributed by atoms with E-state index in [0.717, 1.165) is 20.8 Å². The van der Waals surface area contributed by atoms with Crippen LogP contribution in [0.3, 0.4) is 0 Å². The first kappa shape index (κ1) is 18.1. The summed E-state index contributed by atoms with van der Waals surface area (Å²) in [5.41, 5.74) is 4.24. The Morgan fingerprint density at radius 3 is 2.64 bits per heavy atom. The summed E-state index contributed by atoms with van der Waals surface area (Å²) < 4.78 is 2.43. The first-order valence-corrected chi connectivity index (χ1v) is 9.60. The van der Waals surface area contributed by atoms with Crippen LogP contribution < -0.4 is 10.9 Å². The predicted molar refractivity (Wildman–Crippen MR) is 112 cm³/mol. The summed E-state index contributed by atoms with van der Waals surface area (Å²) in [5, 5.41) is 3.74. The molecule has 7 heteroatoms. The van der Waals surface area contributed by atoms with Gasteiger partial charge in [0.25, 0.3) is 5.56 Å². The molecule has 2 aromatic carbocycles. The zero-order chi connectivity index (χ0) is 19.7. The van der Waals surface area contributed by atoms with E-state index in [1.807, 2.05) is 30.3 Å². The molecule has 140 valence electrons. The monoisotopic (exact) mass is 390 g/mol. The van der Waals surface area contributed by atoms with Crippen molar-refractivity contribution in [2.75, 3.05) is 5.32 Å². The van der Waals surface area contributed by atoms with E-state index in [9.17, 15) is 9.59 Å². The number of amides is 1. The highest BCUT2D eigenvalue weighted by atomic mass is 32.1. The molecule has 1 N–H and O–H groups in total. The van der Waals surface area contributed by atoms with E-state index in [4.69, 9.17) is 0 Å². The van der Waals surface area contributed by atoms with Gasteiger partial charge in [0.05, 0.1) is 16.5 Å². The third-order valence-corrected chi connectivity index (χ3v) is 5.36. The van der Waals surface area contributed by atoms with E-state index in [1.54, 1.807) is 18.3 Å². The van der Waals surface area contributed by atoms with Crippen LogP contribution >= 0.6 is 11.3 Å². The van der Waals surface area contributed by atoms with E-state index in [2.05, 4.69) is 34.3 Å². The number of rotatable bonds is 4. The van der Waals surface area contributed by atoms with Crippen molar-refractivity contribution in [2.45, 2.75) is 20.4 Å². The highest BCUT2D eigenvalue weighted by molar-refractivity contribution is 7.21. The van der Waals surface area contributed by atoms with Crippen LogP contribution in [0.5, 0.6) is 0 Å². The lowest BCUT2D eigenvalue weighted by Gasteiger charge is -2.07. The molecule has 0 saturated heterocycles. The van der Waals surface area contributed by atoms with Crippen molar-refractivity contribution in [3.63, 3.8) is 0 Å². The molecule has 0 fully saturated rings. The van der Waals surface area contributed by atoms with Gasteiger partial charge in [0, 0.05) is 23.0 Å². The zero-order valence-corrected chi connectivity index (χ0v) is 16.3. The van der Waals surface area contributed by atoms with Crippen molar-refractivity contribution in [3.05, 3.63) is 76.5 Å². The number of aryl methyl sites for hydroxylation is 2. The maximum Gasteiger partial charge on any atom is 0.253 e. The van der Waals surface area contributed by atoms with Gasteiger partial charge in [0.15, 0.2) is 0 Å². The van der Waals surface area contributed by atoms with Crippen molar-refractivity contribution < 1.29 is 4.79 Å². The van der Waals surface area contributed by atoms with Crippen molar-refractivity contribution >= 4 is 33.1 Å². The second kappa shape index (κ2) is 7.36. The van der Waals surface area contributed by atoms with Gasteiger partial charge in [0.2, 0.25) is 5.91 Å². The Balaban J connectivity index is 1.48. The molecule has 2 aromatic heterocycles. The van der Waals surface area contributed by atoms with Gasteiger partial charge in [0.1, 0.15) is 11.6 Å². The standard InChI is InChI=1S/C21H18N4O2S/c1-13-3-8-17-18(9-13)28-21(24-17)15-4-6-16(7-5-15)23-19(26)11-25-12-22-14(2)10-20(25)27/h3-10,12H,11H2,1-2H3,(H,23,26). The van der Waals surface area contributed by atoms with Crippen LogP contribution in [0.25, 0.3) is 20.8 Å². The highest BCUT2D eigenvalue weighted by Gasteiger charge is 2.09. The van der Waals surface area contributed by atoms with E-state index in [1.165, 1.54) is 22.5 Å². The first-order chi connectivity index (χ1) is 13.5. The molecule has 1 amide bonds. The fourth-order valence-corrected chi connectivity index (χ4v) is 3.91. The lowest BCUT2D eigenvalue weighted by molar-refractivity contribution is -0.116. The van der Waals surface area contributed by atoms with Gasteiger partial charge in [-0.15, -0.1) is 11.3 Å². The molecule has 0 unspecified atom stereocenters. The lowest BCUT2D eigenvalue weighted by atomic mass is 10.2. The molecule has 2 heterocycles. The Hall–Kier alpha value is -3.32. The Labute approximate surface area is 165 Å². The number of fused-ring (bicyclic) bond motifs is 1. The third kappa shape index (κ3) is 3.84. The molecule has 28 heavy (non-hydrogen) atoms. The number of hydrogen-bond donors (Lipinski definition) is 1. The Kier molecular flexibility index (Phi) is 4.75. The van der Waals surface area contributed by atoms with Gasteiger partial charge in [-0.25, -0.2) is 9.97 Å². The average molecular weight is 390 g/mol. The van der Waals surface area contributed by atoms with Crippen LogP contribution in [0.15, 0.2) is 59.7 Å². The lowest BCUT2D eigenvalue weighted by Crippen LogP contribution is -2.27. The number of carbonyl (C=O) groups is 1. The van der Waals surface area contributed by atoms with Crippen LogP contribution in [0.2, 0.25) is 0 Å². The predicted octanol–water partition coefficient (Wildman–Crippen LogP) is 3.78. The van der Waals surface area contributed by atoms with E-state index in [-0.39, 0.29) is 18.0 Å². The normalized spacial score (nSPS) is 10.9. The molecule has 4 rings (SSSR count). The minimum Gasteiger partial charge on any atom is -0.325 e. The molecular formula is C21H18N4O2S. The summed E-state index contributed by atoms with van der Waals surface area (Å²) in [5.74, 6) is -0.282. The molecule has 0 aliphatic carbocycles. The number of anilines is 1. The number of carbonyl (C=O) groups excluding carboxylic acids is 1. The highest BCUT2D eigenvalue weighted by Crippen LogP contribution is 2.31. The molecule has 4 aromatic rings. The van der Waals surface area contributed by atoms with E-state index < -0.39 is 0 Å². The minimum absolute atomic E-state index is 0.0783. The second-order valence-corrected chi connectivity index (χ2v) is 7.64. The molecule has 0 spiro atoms. The van der Waals surface area contributed by atoms with Crippen molar-refractivity contribution in [2.24, 2.45) is 0 Å². The summed E-state index contributed by atoms with van der Waals surface area (Å²) in [6, 6.07) is 15.1. The van der Waals surface area contributed by atoms with Gasteiger partial charge in [-0.2, -0.15) is 0 Å². The molecule has 6 nitrogen and oxygen atoms in total. The fraction of sp³-hybridized carbons (Fsp3) is 0.143. The summed E-state index contributed by atoms with van der Waals surface area (Å²) in [6.07, 6.45) is 1.38. The van der Waals surface area contributed by atoms with Gasteiger partial charge < -0.3 is 5.32 Å². The van der Waals surface area contributed by atoms with Crippen molar-refractivity contribution in [1.29, 1.82) is 0 Å². The largest absolute Gasteiger partial charge is 0.325 e. The van der Waals surface area contributed by atoms with Crippen molar-refractivity contribution in [3.8, 4) is 10.6 Å². The Bertz CT molecular complexity index is 1230. The number of thiazole rings is 1. The van der Waals surface area contributed by atoms with Gasteiger partial charge in [-0.05, 0) is 55.8 Å². The fourth-order valence-electron chi connectivity index (χ4n) is 2.84. The molecule has 0 aliphatic rings. The molecule has 0 saturated carbocycles. The Morgan fingerprint density at radius 2 is 1.89 bits per heavy atom. The van der Waals surface area contributed by atoms with Gasteiger partial charge in [-0.1, -0.05) is 6.07 Å². The number of nitrogens with one attached hydrogen (secondary N) is 1. The summed E-state index contributed by atoms with van der Waals surface area (Å²) in [6.45, 7) is 3.72. The molecule has 0 atom stereocenters. The maximum absolute atomic E-state index is 12.2. The van der Waals surface area contributed by atoms with Gasteiger partial charge in [-0.3, -0.25) is 14.2 Å². The third-order valence-electron chi connectivity index (χ3n) is 4.29. The van der Waals surface area contributed by atoms with Crippen LogP contribution in [0.1, 0.15) is 11.3 Å². The number of nitrogens with zero attached hydrogens (tertiary/aromatic N) is 3. The van der Waals surface area contributed by atoms with Gasteiger partial charge >= 0.3 is 0 Å². The maximum atomic E-state index is 12.2. The summed E-state index contributed by atoms with van der Waals surface area (Å²) >= 11 is 1.65. The van der Waals surface area contributed by atoms with Crippen LogP contribution in [0.4, 0.5) is 5.69 Å². The number of benzene rings is 2. The van der Waals surface area contributed by atoms with Crippen LogP contribution in [-0.4, -0.2) is 20.4 Å². The van der Waals surface area contributed by atoms with Crippen LogP contribution in [-0.2, 0) is 11.3 Å². The topological polar surface area (TPSA) is 76.9 Å². The second-order valence-electron chi connectivity index (χ2n) is 6.61. The number of hydrogen-bond acceptors (Lipinski definition) is 5. The smallest absolute Gasteiger partial charge is 0.253 e. The molecular weight excluding hydrogens is 372 g/mol. The first-order valence-electron chi connectivity index (χ1n) is 8.78. The minimum atomic E-state index is -0.282.